The van der Waals surface area contributed by atoms with Crippen LogP contribution in [0.5, 0.6) is 11.5 Å². The van der Waals surface area contributed by atoms with E-state index in [2.05, 4.69) is 0 Å². The molecule has 150 valence electrons. The van der Waals surface area contributed by atoms with E-state index >= 15 is 0 Å². The first-order chi connectivity index (χ1) is 14.1. The molecule has 0 fully saturated rings. The Morgan fingerprint density at radius 2 is 1.66 bits per heavy atom. The van der Waals surface area contributed by atoms with Gasteiger partial charge >= 0.3 is 5.97 Å². The number of esters is 1. The number of carbonyl (C=O) groups excluding carboxylic acids is 1. The number of halogens is 1. The fraction of sp³-hybridized carbons (Fsp3) is 0.208. The number of ether oxygens (including phenoxy) is 3. The van der Waals surface area contributed by atoms with Crippen molar-refractivity contribution in [3.63, 3.8) is 0 Å². The zero-order valence-corrected chi connectivity index (χ0v) is 16.4. The van der Waals surface area contributed by atoms with Gasteiger partial charge in [0, 0.05) is 5.56 Å². The summed E-state index contributed by atoms with van der Waals surface area (Å²) in [6.07, 6.45) is -0.776. The van der Waals surface area contributed by atoms with Crippen LogP contribution in [-0.2, 0) is 16.1 Å². The minimum Gasteiger partial charge on any atom is -0.489 e. The summed E-state index contributed by atoms with van der Waals surface area (Å²) in [5, 5.41) is 0. The van der Waals surface area contributed by atoms with Crippen LogP contribution in [0.4, 0.5) is 4.39 Å². The van der Waals surface area contributed by atoms with Gasteiger partial charge in [-0.15, -0.1) is 0 Å². The number of hydrogen-bond acceptors (Lipinski definition) is 4. The second-order valence-corrected chi connectivity index (χ2v) is 6.45. The second kappa shape index (κ2) is 9.73. The molecule has 0 aliphatic heterocycles. The molecule has 29 heavy (non-hydrogen) atoms. The Morgan fingerprint density at radius 1 is 0.966 bits per heavy atom. The van der Waals surface area contributed by atoms with Crippen LogP contribution in [0, 0.1) is 5.82 Å². The Balaban J connectivity index is 1.70. The summed E-state index contributed by atoms with van der Waals surface area (Å²) in [5.74, 6) is 0.255. The number of carbonyl (C=O) groups is 1. The molecule has 0 saturated carbocycles. The van der Waals surface area contributed by atoms with Crippen molar-refractivity contribution in [1.82, 2.24) is 0 Å². The predicted molar refractivity (Wildman–Crippen MR) is 109 cm³/mol. The predicted octanol–water partition coefficient (Wildman–Crippen LogP) is 5.40. The van der Waals surface area contributed by atoms with E-state index in [-0.39, 0.29) is 12.4 Å². The van der Waals surface area contributed by atoms with Gasteiger partial charge in [0.1, 0.15) is 23.9 Å². The summed E-state index contributed by atoms with van der Waals surface area (Å²) in [6.45, 7) is 4.07. The fourth-order valence-corrected chi connectivity index (χ4v) is 2.78. The normalized spacial score (nSPS) is 11.6. The molecule has 0 N–H and O–H groups in total. The number of benzene rings is 3. The molecule has 0 amide bonds. The molecule has 3 aromatic rings. The molecular weight excluding hydrogens is 371 g/mol. The van der Waals surface area contributed by atoms with Crippen LogP contribution in [0.3, 0.4) is 0 Å². The lowest BCUT2D eigenvalue weighted by Crippen LogP contribution is -2.26. The second-order valence-electron chi connectivity index (χ2n) is 6.45. The Kier molecular flexibility index (Phi) is 6.85. The highest BCUT2D eigenvalue weighted by atomic mass is 19.1. The van der Waals surface area contributed by atoms with E-state index in [0.717, 1.165) is 5.56 Å². The molecule has 0 spiro atoms. The molecule has 0 radical (unpaired) electrons. The molecule has 0 aromatic heterocycles. The van der Waals surface area contributed by atoms with Crippen LogP contribution in [0.25, 0.3) is 11.1 Å². The quantitative estimate of drug-likeness (QED) is 0.480. The maximum Gasteiger partial charge on any atom is 0.347 e. The molecule has 5 heteroatoms. The first-order valence-electron chi connectivity index (χ1n) is 9.47. The smallest absolute Gasteiger partial charge is 0.347 e. The van der Waals surface area contributed by atoms with Crippen molar-refractivity contribution in [2.24, 2.45) is 0 Å². The van der Waals surface area contributed by atoms with Crippen molar-refractivity contribution in [2.75, 3.05) is 6.61 Å². The van der Waals surface area contributed by atoms with Gasteiger partial charge in [-0.2, -0.15) is 0 Å². The molecule has 0 heterocycles. The van der Waals surface area contributed by atoms with Gasteiger partial charge in [-0.1, -0.05) is 42.5 Å². The SMILES string of the molecule is CCOC(=O)C(C)Oc1ccc(F)c(-c2ccc(OCc3ccccc3)cc2)c1. The van der Waals surface area contributed by atoms with Gasteiger partial charge in [-0.05, 0) is 55.3 Å². The van der Waals surface area contributed by atoms with Gasteiger partial charge in [-0.25, -0.2) is 9.18 Å². The summed E-state index contributed by atoms with van der Waals surface area (Å²) in [4.78, 5) is 11.7. The van der Waals surface area contributed by atoms with E-state index in [1.165, 1.54) is 12.1 Å². The van der Waals surface area contributed by atoms with E-state index in [9.17, 15) is 9.18 Å². The number of rotatable bonds is 8. The van der Waals surface area contributed by atoms with Crippen molar-refractivity contribution in [3.05, 3.63) is 84.2 Å². The molecule has 0 aliphatic carbocycles. The van der Waals surface area contributed by atoms with Gasteiger partial charge in [0.05, 0.1) is 6.61 Å². The molecule has 3 aromatic carbocycles. The highest BCUT2D eigenvalue weighted by Crippen LogP contribution is 2.29. The van der Waals surface area contributed by atoms with Gasteiger partial charge < -0.3 is 14.2 Å². The first kappa shape index (κ1) is 20.4. The van der Waals surface area contributed by atoms with Crippen LogP contribution >= 0.6 is 0 Å². The third-order valence-corrected chi connectivity index (χ3v) is 4.28. The minimum atomic E-state index is -0.776. The van der Waals surface area contributed by atoms with E-state index < -0.39 is 12.1 Å². The van der Waals surface area contributed by atoms with E-state index in [1.54, 1.807) is 44.2 Å². The standard InChI is InChI=1S/C24H23FO4/c1-3-27-24(26)17(2)29-21-13-14-23(25)22(15-21)19-9-11-20(12-10-19)28-16-18-7-5-4-6-8-18/h4-15,17H,3,16H2,1-2H3. The Labute approximate surface area is 169 Å². The van der Waals surface area contributed by atoms with E-state index in [0.29, 0.717) is 29.2 Å². The lowest BCUT2D eigenvalue weighted by atomic mass is 10.0. The van der Waals surface area contributed by atoms with Crippen LogP contribution < -0.4 is 9.47 Å². The van der Waals surface area contributed by atoms with Gasteiger partial charge in [0.15, 0.2) is 6.10 Å². The highest BCUT2D eigenvalue weighted by molar-refractivity contribution is 5.75. The summed E-state index contributed by atoms with van der Waals surface area (Å²) >= 11 is 0. The van der Waals surface area contributed by atoms with Crippen LogP contribution in [0.1, 0.15) is 19.4 Å². The van der Waals surface area contributed by atoms with E-state index in [4.69, 9.17) is 14.2 Å². The molecule has 0 bridgehead atoms. The molecule has 4 nitrogen and oxygen atoms in total. The van der Waals surface area contributed by atoms with Crippen molar-refractivity contribution in [1.29, 1.82) is 0 Å². The summed E-state index contributed by atoms with van der Waals surface area (Å²) in [7, 11) is 0. The molecule has 3 rings (SSSR count). The van der Waals surface area contributed by atoms with Gasteiger partial charge in [0.2, 0.25) is 0 Å². The summed E-state index contributed by atoms with van der Waals surface area (Å²) in [5.41, 5.74) is 2.14. The average molecular weight is 394 g/mol. The minimum absolute atomic E-state index is 0.278. The lowest BCUT2D eigenvalue weighted by Gasteiger charge is -2.14. The third kappa shape index (κ3) is 5.57. The van der Waals surface area contributed by atoms with Crippen molar-refractivity contribution < 1.29 is 23.4 Å². The maximum absolute atomic E-state index is 14.4. The molecular formula is C24H23FO4. The highest BCUT2D eigenvalue weighted by Gasteiger charge is 2.17. The maximum atomic E-state index is 14.4. The largest absolute Gasteiger partial charge is 0.489 e. The lowest BCUT2D eigenvalue weighted by molar-refractivity contribution is -0.150. The Bertz CT molecular complexity index is 939. The Hall–Kier alpha value is -3.34. The molecule has 1 atom stereocenters. The Morgan fingerprint density at radius 3 is 2.34 bits per heavy atom. The molecule has 1 unspecified atom stereocenters. The molecule has 0 aliphatic rings. The average Bonchev–Trinajstić information content (AvgIpc) is 2.75. The summed E-state index contributed by atoms with van der Waals surface area (Å²) < 4.78 is 30.7. The number of hydrogen-bond donors (Lipinski definition) is 0. The summed E-state index contributed by atoms with van der Waals surface area (Å²) in [6, 6.07) is 21.4. The van der Waals surface area contributed by atoms with Crippen LogP contribution in [0.15, 0.2) is 72.8 Å². The van der Waals surface area contributed by atoms with Crippen LogP contribution in [0.2, 0.25) is 0 Å². The first-order valence-corrected chi connectivity index (χ1v) is 9.47. The van der Waals surface area contributed by atoms with Gasteiger partial charge in [0.25, 0.3) is 0 Å². The monoisotopic (exact) mass is 394 g/mol. The molecule has 0 saturated heterocycles. The van der Waals surface area contributed by atoms with Crippen molar-refractivity contribution >= 4 is 5.97 Å². The van der Waals surface area contributed by atoms with E-state index in [1.807, 2.05) is 30.3 Å². The third-order valence-electron chi connectivity index (χ3n) is 4.28. The zero-order valence-electron chi connectivity index (χ0n) is 16.4. The van der Waals surface area contributed by atoms with Crippen molar-refractivity contribution in [3.8, 4) is 22.6 Å². The topological polar surface area (TPSA) is 44.8 Å². The van der Waals surface area contributed by atoms with Gasteiger partial charge in [-0.3, -0.25) is 0 Å². The van der Waals surface area contributed by atoms with Crippen molar-refractivity contribution in [2.45, 2.75) is 26.6 Å². The van der Waals surface area contributed by atoms with Crippen LogP contribution in [-0.4, -0.2) is 18.7 Å². The fourth-order valence-electron chi connectivity index (χ4n) is 2.78. The zero-order chi connectivity index (χ0) is 20.6.